The molecule has 110 valence electrons. The number of hydrogen-bond donors (Lipinski definition) is 3. The van der Waals surface area contributed by atoms with Gasteiger partial charge in [0.25, 0.3) is 0 Å². The second-order valence-corrected chi connectivity index (χ2v) is 5.26. The van der Waals surface area contributed by atoms with E-state index in [1.807, 2.05) is 0 Å². The Bertz CT molecular complexity index is 486. The van der Waals surface area contributed by atoms with Crippen LogP contribution in [-0.4, -0.2) is 28.7 Å². The van der Waals surface area contributed by atoms with E-state index in [-0.39, 0.29) is 11.9 Å². The smallest absolute Gasteiger partial charge is 0.328 e. The fourth-order valence-corrected chi connectivity index (χ4v) is 1.62. The van der Waals surface area contributed by atoms with Gasteiger partial charge in [0.2, 0.25) is 0 Å². The number of hydrogen-bond acceptors (Lipinski definition) is 2. The van der Waals surface area contributed by atoms with Crippen LogP contribution >= 0.6 is 0 Å². The standard InChI is InChI=1S/C14H19FN2O3/c1-9(8-10-4-6-11(15)7-5-10)16-13(20)17-14(2,3)12(18)19/h4-7,9H,8H2,1-3H3,(H,18,19)(H2,16,17,20). The molecule has 1 atom stereocenters. The largest absolute Gasteiger partial charge is 0.480 e. The van der Waals surface area contributed by atoms with Gasteiger partial charge in [-0.1, -0.05) is 12.1 Å². The van der Waals surface area contributed by atoms with Gasteiger partial charge in [0, 0.05) is 6.04 Å². The molecule has 0 spiro atoms. The second kappa shape index (κ2) is 6.36. The van der Waals surface area contributed by atoms with Crippen LogP contribution < -0.4 is 10.6 Å². The average Bonchev–Trinajstić information content (AvgIpc) is 2.30. The van der Waals surface area contributed by atoms with Crippen molar-refractivity contribution < 1.29 is 19.1 Å². The number of urea groups is 1. The molecule has 5 nitrogen and oxygen atoms in total. The predicted molar refractivity (Wildman–Crippen MR) is 72.9 cm³/mol. The molecule has 3 N–H and O–H groups in total. The number of carboxylic acid groups (broad SMARTS) is 1. The van der Waals surface area contributed by atoms with E-state index in [9.17, 15) is 14.0 Å². The molecule has 1 unspecified atom stereocenters. The van der Waals surface area contributed by atoms with Crippen molar-refractivity contribution in [2.24, 2.45) is 0 Å². The number of amides is 2. The molecule has 20 heavy (non-hydrogen) atoms. The Balaban J connectivity index is 2.50. The van der Waals surface area contributed by atoms with E-state index in [4.69, 9.17) is 5.11 Å². The normalized spacial score (nSPS) is 12.6. The molecule has 2 amide bonds. The van der Waals surface area contributed by atoms with Crippen molar-refractivity contribution in [3.8, 4) is 0 Å². The Morgan fingerprint density at radius 3 is 2.35 bits per heavy atom. The summed E-state index contributed by atoms with van der Waals surface area (Å²) in [5.41, 5.74) is -0.448. The molecule has 0 aromatic heterocycles. The van der Waals surface area contributed by atoms with Crippen molar-refractivity contribution in [3.05, 3.63) is 35.6 Å². The van der Waals surface area contributed by atoms with Crippen LogP contribution in [0.3, 0.4) is 0 Å². The highest BCUT2D eigenvalue weighted by atomic mass is 19.1. The van der Waals surface area contributed by atoms with E-state index < -0.39 is 17.5 Å². The summed E-state index contributed by atoms with van der Waals surface area (Å²) in [6.45, 7) is 4.59. The minimum Gasteiger partial charge on any atom is -0.480 e. The minimum atomic E-state index is -1.33. The van der Waals surface area contributed by atoms with Crippen LogP contribution in [0.15, 0.2) is 24.3 Å². The van der Waals surface area contributed by atoms with Gasteiger partial charge < -0.3 is 15.7 Å². The van der Waals surface area contributed by atoms with Gasteiger partial charge in [-0.3, -0.25) is 0 Å². The third-order valence-corrected chi connectivity index (χ3v) is 2.79. The lowest BCUT2D eigenvalue weighted by Crippen LogP contribution is -2.54. The lowest BCUT2D eigenvalue weighted by atomic mass is 10.1. The van der Waals surface area contributed by atoms with Gasteiger partial charge in [-0.15, -0.1) is 0 Å². The zero-order chi connectivity index (χ0) is 15.3. The lowest BCUT2D eigenvalue weighted by Gasteiger charge is -2.23. The number of rotatable bonds is 5. The Hall–Kier alpha value is -2.11. The molecule has 0 aliphatic carbocycles. The molecule has 1 rings (SSSR count). The monoisotopic (exact) mass is 282 g/mol. The fourth-order valence-electron chi connectivity index (χ4n) is 1.62. The SMILES string of the molecule is CC(Cc1ccc(F)cc1)NC(=O)NC(C)(C)C(=O)O. The Morgan fingerprint density at radius 2 is 1.85 bits per heavy atom. The van der Waals surface area contributed by atoms with Crippen LogP contribution in [0.25, 0.3) is 0 Å². The summed E-state index contributed by atoms with van der Waals surface area (Å²) in [7, 11) is 0. The van der Waals surface area contributed by atoms with E-state index in [1.54, 1.807) is 19.1 Å². The number of carbonyl (C=O) groups is 2. The zero-order valence-corrected chi connectivity index (χ0v) is 11.7. The van der Waals surface area contributed by atoms with Crippen LogP contribution in [0.4, 0.5) is 9.18 Å². The van der Waals surface area contributed by atoms with E-state index in [0.29, 0.717) is 6.42 Å². The molecule has 0 saturated carbocycles. The van der Waals surface area contributed by atoms with Crippen molar-refractivity contribution in [2.45, 2.75) is 38.8 Å². The Kier molecular flexibility index (Phi) is 5.07. The highest BCUT2D eigenvalue weighted by Crippen LogP contribution is 2.06. The first kappa shape index (κ1) is 15.9. The van der Waals surface area contributed by atoms with E-state index in [2.05, 4.69) is 10.6 Å². The van der Waals surface area contributed by atoms with E-state index in [0.717, 1.165) is 5.56 Å². The maximum absolute atomic E-state index is 12.8. The van der Waals surface area contributed by atoms with Crippen LogP contribution in [-0.2, 0) is 11.2 Å². The lowest BCUT2D eigenvalue weighted by molar-refractivity contribution is -0.142. The van der Waals surface area contributed by atoms with Gasteiger partial charge in [0.15, 0.2) is 0 Å². The summed E-state index contributed by atoms with van der Waals surface area (Å²) >= 11 is 0. The summed E-state index contributed by atoms with van der Waals surface area (Å²) in [6.07, 6.45) is 0.529. The molecular weight excluding hydrogens is 263 g/mol. The molecule has 1 aromatic rings. The maximum Gasteiger partial charge on any atom is 0.328 e. The third-order valence-electron chi connectivity index (χ3n) is 2.79. The number of benzene rings is 1. The van der Waals surface area contributed by atoms with Crippen LogP contribution in [0.2, 0.25) is 0 Å². The highest BCUT2D eigenvalue weighted by molar-refractivity contribution is 5.85. The summed E-state index contributed by atoms with van der Waals surface area (Å²) in [4.78, 5) is 22.6. The molecule has 6 heteroatoms. The number of carbonyl (C=O) groups excluding carboxylic acids is 1. The van der Waals surface area contributed by atoms with Gasteiger partial charge in [0.05, 0.1) is 0 Å². The van der Waals surface area contributed by atoms with Gasteiger partial charge in [-0.25, -0.2) is 14.0 Å². The van der Waals surface area contributed by atoms with Crippen LogP contribution in [0.5, 0.6) is 0 Å². The fraction of sp³-hybridized carbons (Fsp3) is 0.429. The van der Waals surface area contributed by atoms with Gasteiger partial charge in [-0.2, -0.15) is 0 Å². The Labute approximate surface area is 117 Å². The first-order valence-electron chi connectivity index (χ1n) is 6.27. The van der Waals surface area contributed by atoms with E-state index >= 15 is 0 Å². The Morgan fingerprint density at radius 1 is 1.30 bits per heavy atom. The van der Waals surface area contributed by atoms with Gasteiger partial charge >= 0.3 is 12.0 Å². The quantitative estimate of drug-likeness (QED) is 0.772. The minimum absolute atomic E-state index is 0.204. The predicted octanol–water partition coefficient (Wildman–Crippen LogP) is 1.92. The first-order chi connectivity index (χ1) is 9.20. The van der Waals surface area contributed by atoms with Crippen molar-refractivity contribution >= 4 is 12.0 Å². The maximum atomic E-state index is 12.8. The topological polar surface area (TPSA) is 78.4 Å². The summed E-state index contributed by atoms with van der Waals surface area (Å²) in [5.74, 6) is -1.42. The number of nitrogens with one attached hydrogen (secondary N) is 2. The van der Waals surface area contributed by atoms with Crippen molar-refractivity contribution in [3.63, 3.8) is 0 Å². The van der Waals surface area contributed by atoms with Crippen molar-refractivity contribution in [1.82, 2.24) is 10.6 Å². The molecule has 0 aliphatic heterocycles. The van der Waals surface area contributed by atoms with Gasteiger partial charge in [-0.05, 0) is 44.9 Å². The number of halogens is 1. The molecule has 1 aromatic carbocycles. The van der Waals surface area contributed by atoms with Crippen molar-refractivity contribution in [1.29, 1.82) is 0 Å². The highest BCUT2D eigenvalue weighted by Gasteiger charge is 2.29. The van der Waals surface area contributed by atoms with Crippen LogP contribution in [0, 0.1) is 5.82 Å². The molecule has 0 heterocycles. The molecule has 0 radical (unpaired) electrons. The van der Waals surface area contributed by atoms with Crippen molar-refractivity contribution in [2.75, 3.05) is 0 Å². The first-order valence-corrected chi connectivity index (χ1v) is 6.27. The third kappa shape index (κ3) is 4.87. The zero-order valence-electron chi connectivity index (χ0n) is 11.7. The number of carboxylic acids is 1. The molecule has 0 saturated heterocycles. The van der Waals surface area contributed by atoms with Gasteiger partial charge in [0.1, 0.15) is 11.4 Å². The summed E-state index contributed by atoms with van der Waals surface area (Å²) < 4.78 is 12.8. The second-order valence-electron chi connectivity index (χ2n) is 5.26. The number of aliphatic carboxylic acids is 1. The molecular formula is C14H19FN2O3. The average molecular weight is 282 g/mol. The van der Waals surface area contributed by atoms with E-state index in [1.165, 1.54) is 26.0 Å². The molecule has 0 fully saturated rings. The summed E-state index contributed by atoms with van der Waals surface area (Å²) in [6, 6.07) is 5.25. The summed E-state index contributed by atoms with van der Waals surface area (Å²) in [5, 5.41) is 13.9. The van der Waals surface area contributed by atoms with Crippen LogP contribution in [0.1, 0.15) is 26.3 Å². The molecule has 0 bridgehead atoms. The molecule has 0 aliphatic rings.